The molecule has 1 saturated heterocycles. The molecule has 13 nitrogen and oxygen atoms in total. The van der Waals surface area contributed by atoms with E-state index in [-0.39, 0.29) is 43.1 Å². The number of unbranched alkanes of at least 4 members (excludes halogenated alkanes) is 8. The Balaban J connectivity index is 0.770. The third-order valence-electron chi connectivity index (χ3n) is 13.5. The summed E-state index contributed by atoms with van der Waals surface area (Å²) in [5.74, 6) is -0.721. The number of hydrogen-bond donors (Lipinski definition) is 4. The van der Waals surface area contributed by atoms with Gasteiger partial charge in [-0.25, -0.2) is 19.7 Å². The number of amides is 3. The molecule has 68 heavy (non-hydrogen) atoms. The zero-order chi connectivity index (χ0) is 48.2. The van der Waals surface area contributed by atoms with Crippen molar-refractivity contribution in [2.45, 2.75) is 155 Å². The van der Waals surface area contributed by atoms with Gasteiger partial charge in [-0.2, -0.15) is 0 Å². The quantitative estimate of drug-likeness (QED) is 0.0487. The van der Waals surface area contributed by atoms with E-state index in [1.165, 1.54) is 4.90 Å². The molecule has 0 spiro atoms. The Bertz CT molecular complexity index is 2510. The van der Waals surface area contributed by atoms with E-state index >= 15 is 0 Å². The highest BCUT2D eigenvalue weighted by Crippen LogP contribution is 2.39. The summed E-state index contributed by atoms with van der Waals surface area (Å²) >= 11 is 1.59. The van der Waals surface area contributed by atoms with E-state index in [2.05, 4.69) is 25.6 Å². The number of hydrogen-bond acceptors (Lipinski definition) is 10. The topological polar surface area (TPSA) is 184 Å². The zero-order valence-electron chi connectivity index (χ0n) is 40.1. The SMILES string of the molecule is Cc1ncsc1-c1ccc(CNC(=O)[C@@H]2C[C@@H](O)CN2C(=O)[C@@H](NC(=O)CCCCCCCCCCCOc2ccc3c(-c4ccc(C(=O)O)c(C5CCCC5)c4)ncnc3c2)C(C)(C)C)cc1. The van der Waals surface area contributed by atoms with Gasteiger partial charge in [0.25, 0.3) is 0 Å². The molecule has 3 heterocycles. The highest BCUT2D eigenvalue weighted by molar-refractivity contribution is 7.13. The summed E-state index contributed by atoms with van der Waals surface area (Å²) in [6, 6.07) is 17.8. The number of nitrogens with zero attached hydrogens (tertiary/aromatic N) is 4. The maximum Gasteiger partial charge on any atom is 0.335 e. The fraction of sp³-hybridized carbons (Fsp3) is 0.500. The van der Waals surface area contributed by atoms with Crippen LogP contribution >= 0.6 is 11.3 Å². The Kier molecular flexibility index (Phi) is 17.3. The van der Waals surface area contributed by atoms with E-state index < -0.39 is 29.6 Å². The van der Waals surface area contributed by atoms with Crippen LogP contribution in [0.4, 0.5) is 0 Å². The van der Waals surface area contributed by atoms with Crippen LogP contribution in [0, 0.1) is 12.3 Å². The number of aromatic nitrogens is 3. The molecule has 1 aliphatic carbocycles. The molecule has 3 amide bonds. The van der Waals surface area contributed by atoms with Crippen molar-refractivity contribution in [3.63, 3.8) is 0 Å². The van der Waals surface area contributed by atoms with Crippen LogP contribution in [-0.2, 0) is 20.9 Å². The Morgan fingerprint density at radius 1 is 0.853 bits per heavy atom. The molecule has 0 bridgehead atoms. The number of likely N-dealkylation sites (tertiary alicyclic amines) is 1. The van der Waals surface area contributed by atoms with Crippen LogP contribution in [0.3, 0.4) is 0 Å². The van der Waals surface area contributed by atoms with Gasteiger partial charge in [0.2, 0.25) is 17.7 Å². The fourth-order valence-electron chi connectivity index (χ4n) is 9.66. The molecule has 2 aromatic heterocycles. The molecule has 2 aliphatic rings. The Hall–Kier alpha value is -5.73. The van der Waals surface area contributed by atoms with E-state index in [9.17, 15) is 29.4 Å². The number of β-amino-alcohol motifs (C(OH)–C–C–N with tert-alkyl or cyclic N) is 1. The van der Waals surface area contributed by atoms with Crippen molar-refractivity contribution in [2.24, 2.45) is 5.41 Å². The Labute approximate surface area is 404 Å². The molecule has 1 aliphatic heterocycles. The van der Waals surface area contributed by atoms with Crippen LogP contribution in [0.1, 0.15) is 150 Å². The summed E-state index contributed by atoms with van der Waals surface area (Å²) in [6.07, 6.45) is 14.7. The molecule has 7 rings (SSSR count). The Morgan fingerprint density at radius 3 is 2.22 bits per heavy atom. The molecular weight excluding hydrogens is 877 g/mol. The number of aliphatic hydroxyl groups excluding tert-OH is 1. The number of carbonyl (C=O) groups excluding carboxylic acids is 3. The summed E-state index contributed by atoms with van der Waals surface area (Å²) in [6.45, 7) is 8.63. The highest BCUT2D eigenvalue weighted by Gasteiger charge is 2.44. The van der Waals surface area contributed by atoms with Gasteiger partial charge in [0.15, 0.2) is 0 Å². The largest absolute Gasteiger partial charge is 0.494 e. The molecule has 14 heteroatoms. The number of aromatic carboxylic acids is 1. The lowest BCUT2D eigenvalue weighted by Gasteiger charge is -2.35. The number of ether oxygens (including phenoxy) is 1. The molecule has 362 valence electrons. The molecular formula is C54H68N6O7S. The van der Waals surface area contributed by atoms with Crippen LogP contribution < -0.4 is 15.4 Å². The number of nitrogens with one attached hydrogen (secondary N) is 2. The smallest absolute Gasteiger partial charge is 0.335 e. The van der Waals surface area contributed by atoms with Crippen LogP contribution in [0.25, 0.3) is 32.6 Å². The first-order valence-electron chi connectivity index (χ1n) is 24.6. The molecule has 4 N–H and O–H groups in total. The third kappa shape index (κ3) is 13.1. The van der Waals surface area contributed by atoms with Gasteiger partial charge in [-0.15, -0.1) is 11.3 Å². The second-order valence-corrected chi connectivity index (χ2v) is 20.6. The van der Waals surface area contributed by atoms with Crippen LogP contribution in [0.2, 0.25) is 0 Å². The van der Waals surface area contributed by atoms with Crippen molar-refractivity contribution in [1.82, 2.24) is 30.5 Å². The maximum absolute atomic E-state index is 14.0. The van der Waals surface area contributed by atoms with Crippen molar-refractivity contribution in [3.05, 3.63) is 94.9 Å². The highest BCUT2D eigenvalue weighted by atomic mass is 32.1. The van der Waals surface area contributed by atoms with E-state index in [0.717, 1.165) is 139 Å². The lowest BCUT2D eigenvalue weighted by Crippen LogP contribution is -2.57. The average Bonchev–Trinajstić information content (AvgIpc) is 4.11. The predicted octanol–water partition coefficient (Wildman–Crippen LogP) is 10.2. The number of thiazole rings is 1. The first kappa shape index (κ1) is 50.2. The Morgan fingerprint density at radius 2 is 1.54 bits per heavy atom. The number of aryl methyl sites for hydroxylation is 1. The van der Waals surface area contributed by atoms with Gasteiger partial charge in [0, 0.05) is 42.9 Å². The summed E-state index contributed by atoms with van der Waals surface area (Å²) in [4.78, 5) is 68.6. The average molecular weight is 945 g/mol. The van der Waals surface area contributed by atoms with Gasteiger partial charge in [-0.05, 0) is 84.9 Å². The van der Waals surface area contributed by atoms with Crippen molar-refractivity contribution < 1.29 is 34.1 Å². The summed E-state index contributed by atoms with van der Waals surface area (Å²) in [7, 11) is 0. The van der Waals surface area contributed by atoms with Gasteiger partial charge < -0.3 is 30.5 Å². The van der Waals surface area contributed by atoms with E-state index in [0.29, 0.717) is 18.6 Å². The van der Waals surface area contributed by atoms with E-state index in [1.807, 2.05) is 87.8 Å². The predicted molar refractivity (Wildman–Crippen MR) is 266 cm³/mol. The minimum Gasteiger partial charge on any atom is -0.494 e. The van der Waals surface area contributed by atoms with Crippen LogP contribution in [0.5, 0.6) is 5.75 Å². The van der Waals surface area contributed by atoms with Crippen molar-refractivity contribution in [3.8, 4) is 27.4 Å². The first-order chi connectivity index (χ1) is 32.8. The number of aliphatic hydroxyl groups is 1. The summed E-state index contributed by atoms with van der Waals surface area (Å²) in [5.41, 5.74) is 7.94. The number of benzene rings is 3. The number of carboxylic acids is 1. The van der Waals surface area contributed by atoms with E-state index in [1.54, 1.807) is 23.7 Å². The minimum absolute atomic E-state index is 0.0388. The van der Waals surface area contributed by atoms with Gasteiger partial charge in [0.1, 0.15) is 24.2 Å². The van der Waals surface area contributed by atoms with Crippen molar-refractivity contribution in [2.75, 3.05) is 13.2 Å². The molecule has 3 aromatic carbocycles. The van der Waals surface area contributed by atoms with Crippen molar-refractivity contribution >= 4 is 45.9 Å². The lowest BCUT2D eigenvalue weighted by molar-refractivity contribution is -0.144. The van der Waals surface area contributed by atoms with Crippen LogP contribution in [-0.4, -0.2) is 85.1 Å². The second-order valence-electron chi connectivity index (χ2n) is 19.7. The number of fused-ring (bicyclic) bond motifs is 1. The van der Waals surface area contributed by atoms with Gasteiger partial charge >= 0.3 is 5.97 Å². The van der Waals surface area contributed by atoms with E-state index in [4.69, 9.17) is 4.74 Å². The molecule has 3 atom stereocenters. The fourth-order valence-corrected chi connectivity index (χ4v) is 10.5. The third-order valence-corrected chi connectivity index (χ3v) is 14.5. The zero-order valence-corrected chi connectivity index (χ0v) is 40.9. The van der Waals surface area contributed by atoms with Crippen molar-refractivity contribution in [1.29, 1.82) is 0 Å². The number of rotatable bonds is 22. The number of carboxylic acid groups (broad SMARTS) is 1. The minimum atomic E-state index is -0.887. The molecule has 0 radical (unpaired) electrons. The molecule has 1 saturated carbocycles. The van der Waals surface area contributed by atoms with Gasteiger partial charge in [-0.3, -0.25) is 14.4 Å². The normalized spacial score (nSPS) is 16.8. The van der Waals surface area contributed by atoms with Gasteiger partial charge in [-0.1, -0.05) is 109 Å². The standard InChI is InChI=1S/C54H68N6O7S/c1-35-49(68-34-58-35)38-21-19-36(20-22-38)31-55-51(63)46-29-40(61)32-60(46)52(64)50(54(2,3)4)59-47(62)18-12-10-8-6-5-7-9-11-15-27-67-41-24-26-43-45(30-41)56-33-57-48(43)39-23-25-42(53(65)66)44(28-39)37-16-13-14-17-37/h19-26,28,30,33-34,37,40,46,50,61H,5-18,27,29,31-32H2,1-4H3,(H,55,63)(H,59,62)(H,65,66)/t40-,46+,50-/m1/s1. The van der Waals surface area contributed by atoms with Crippen LogP contribution in [0.15, 0.2) is 72.5 Å². The number of carbonyl (C=O) groups is 4. The second kappa shape index (κ2) is 23.5. The summed E-state index contributed by atoms with van der Waals surface area (Å²) in [5, 5.41) is 27.3. The summed E-state index contributed by atoms with van der Waals surface area (Å²) < 4.78 is 6.11. The lowest BCUT2D eigenvalue weighted by atomic mass is 9.85. The molecule has 5 aromatic rings. The molecule has 0 unspecified atom stereocenters. The molecule has 2 fully saturated rings. The maximum atomic E-state index is 14.0. The van der Waals surface area contributed by atoms with Gasteiger partial charge in [0.05, 0.1) is 45.6 Å². The monoisotopic (exact) mass is 944 g/mol. The first-order valence-corrected chi connectivity index (χ1v) is 25.4.